The number of carbonyl (C=O) groups excluding carboxylic acids is 1. The quantitative estimate of drug-likeness (QED) is 0.471. The zero-order valence-corrected chi connectivity index (χ0v) is 18.7. The van der Waals surface area contributed by atoms with Gasteiger partial charge in [0.1, 0.15) is 0 Å². The van der Waals surface area contributed by atoms with Crippen molar-refractivity contribution in [3.63, 3.8) is 0 Å². The number of aromatic amines is 1. The predicted octanol–water partition coefficient (Wildman–Crippen LogP) is 3.90. The lowest BCUT2D eigenvalue weighted by Gasteiger charge is -2.32. The molecular weight excluding hydrogens is 438 g/mol. The van der Waals surface area contributed by atoms with Gasteiger partial charge in [-0.15, -0.1) is 0 Å². The van der Waals surface area contributed by atoms with E-state index in [0.29, 0.717) is 22.2 Å². The van der Waals surface area contributed by atoms with Crippen LogP contribution >= 0.6 is 0 Å². The van der Waals surface area contributed by atoms with Gasteiger partial charge < -0.3 is 10.2 Å². The average Bonchev–Trinajstić information content (AvgIpc) is 3.27. The number of aromatic nitrogens is 3. The Balaban J connectivity index is 1.32. The van der Waals surface area contributed by atoms with Gasteiger partial charge in [-0.1, -0.05) is 18.2 Å². The van der Waals surface area contributed by atoms with Gasteiger partial charge in [-0.05, 0) is 42.9 Å². The molecule has 0 unspecified atom stereocenters. The van der Waals surface area contributed by atoms with Crippen LogP contribution in [0.15, 0.2) is 54.7 Å². The SMILES string of the molecule is CN1CCN(Cc2ccc(NC(=O)c3n[nH]c4ccc(-c5cccc(F)c5F)cc34)cn2)CC1. The lowest BCUT2D eigenvalue weighted by molar-refractivity contribution is 0.102. The van der Waals surface area contributed by atoms with Gasteiger partial charge in [0.15, 0.2) is 17.3 Å². The number of hydrogen-bond acceptors (Lipinski definition) is 5. The molecule has 0 radical (unpaired) electrons. The molecule has 0 spiro atoms. The second-order valence-electron chi connectivity index (χ2n) is 8.51. The van der Waals surface area contributed by atoms with Crippen LogP contribution in [0.4, 0.5) is 14.5 Å². The molecule has 0 aliphatic carbocycles. The first-order chi connectivity index (χ1) is 16.5. The number of nitrogens with one attached hydrogen (secondary N) is 2. The summed E-state index contributed by atoms with van der Waals surface area (Å²) in [7, 11) is 2.12. The van der Waals surface area contributed by atoms with E-state index in [1.807, 2.05) is 12.1 Å². The third-order valence-corrected chi connectivity index (χ3v) is 6.10. The minimum Gasteiger partial charge on any atom is -0.319 e. The van der Waals surface area contributed by atoms with E-state index in [9.17, 15) is 13.6 Å². The first-order valence-corrected chi connectivity index (χ1v) is 11.1. The number of benzene rings is 2. The van der Waals surface area contributed by atoms with E-state index < -0.39 is 17.5 Å². The molecule has 2 N–H and O–H groups in total. The third-order valence-electron chi connectivity index (χ3n) is 6.10. The van der Waals surface area contributed by atoms with Crippen LogP contribution in [0.1, 0.15) is 16.2 Å². The van der Waals surface area contributed by atoms with Crippen LogP contribution in [0.3, 0.4) is 0 Å². The Labute approximate surface area is 195 Å². The fourth-order valence-corrected chi connectivity index (χ4v) is 4.10. The standard InChI is InChI=1S/C25H24F2N6O/c1-32-9-11-33(12-10-32)15-18-7-6-17(14-28-18)29-25(34)24-20-13-16(5-8-22(20)30-31-24)19-3-2-4-21(26)23(19)27/h2-8,13-14H,9-12,15H2,1H3,(H,29,34)(H,30,31). The first-order valence-electron chi connectivity index (χ1n) is 11.1. The number of anilines is 1. The minimum atomic E-state index is -0.931. The molecule has 0 bridgehead atoms. The lowest BCUT2D eigenvalue weighted by atomic mass is 10.0. The molecular formula is C25H24F2N6O. The monoisotopic (exact) mass is 462 g/mol. The van der Waals surface area contributed by atoms with Gasteiger partial charge >= 0.3 is 0 Å². The van der Waals surface area contributed by atoms with Crippen LogP contribution < -0.4 is 5.32 Å². The molecule has 1 aliphatic heterocycles. The number of amides is 1. The van der Waals surface area contributed by atoms with Gasteiger partial charge in [0.25, 0.3) is 5.91 Å². The van der Waals surface area contributed by atoms with Crippen LogP contribution in [0.25, 0.3) is 22.0 Å². The van der Waals surface area contributed by atoms with Gasteiger partial charge in [-0.25, -0.2) is 8.78 Å². The van der Waals surface area contributed by atoms with E-state index in [-0.39, 0.29) is 11.3 Å². The Morgan fingerprint density at radius 1 is 1.09 bits per heavy atom. The molecule has 4 aromatic rings. The summed E-state index contributed by atoms with van der Waals surface area (Å²) in [5.41, 5.74) is 2.84. The second kappa shape index (κ2) is 9.28. The molecule has 34 heavy (non-hydrogen) atoms. The summed E-state index contributed by atoms with van der Waals surface area (Å²) < 4.78 is 27.9. The fraction of sp³-hybridized carbons (Fsp3) is 0.240. The van der Waals surface area contributed by atoms with E-state index in [4.69, 9.17) is 0 Å². The Morgan fingerprint density at radius 3 is 2.68 bits per heavy atom. The Bertz CT molecular complexity index is 1330. The van der Waals surface area contributed by atoms with E-state index in [1.165, 1.54) is 12.1 Å². The molecule has 0 saturated carbocycles. The number of halogens is 2. The highest BCUT2D eigenvalue weighted by Crippen LogP contribution is 2.28. The van der Waals surface area contributed by atoms with Gasteiger partial charge in [0.2, 0.25) is 0 Å². The Hall–Kier alpha value is -3.69. The van der Waals surface area contributed by atoms with Crippen LogP contribution in [0.5, 0.6) is 0 Å². The van der Waals surface area contributed by atoms with Crippen molar-refractivity contribution in [2.45, 2.75) is 6.54 Å². The Kier molecular flexibility index (Phi) is 6.04. The van der Waals surface area contributed by atoms with E-state index >= 15 is 0 Å². The zero-order valence-electron chi connectivity index (χ0n) is 18.7. The van der Waals surface area contributed by atoms with Crippen LogP contribution in [-0.2, 0) is 6.54 Å². The molecule has 1 saturated heterocycles. The van der Waals surface area contributed by atoms with E-state index in [2.05, 4.69) is 37.3 Å². The van der Waals surface area contributed by atoms with E-state index in [1.54, 1.807) is 24.4 Å². The normalized spacial score (nSPS) is 15.0. The Morgan fingerprint density at radius 2 is 1.91 bits per heavy atom. The molecule has 0 atom stereocenters. The molecule has 174 valence electrons. The number of hydrogen-bond donors (Lipinski definition) is 2. The van der Waals surface area contributed by atoms with Gasteiger partial charge in [0, 0.05) is 43.7 Å². The number of carbonyl (C=O) groups is 1. The number of fused-ring (bicyclic) bond motifs is 1. The summed E-state index contributed by atoms with van der Waals surface area (Å²) in [6, 6.07) is 12.7. The maximum absolute atomic E-state index is 14.3. The van der Waals surface area contributed by atoms with Crippen molar-refractivity contribution in [3.8, 4) is 11.1 Å². The number of rotatable bonds is 5. The number of piperazine rings is 1. The van der Waals surface area contributed by atoms with Gasteiger partial charge in [-0.2, -0.15) is 5.10 Å². The van der Waals surface area contributed by atoms with Crippen molar-refractivity contribution in [2.24, 2.45) is 0 Å². The molecule has 1 aliphatic rings. The van der Waals surface area contributed by atoms with Gasteiger partial charge in [-0.3, -0.25) is 19.8 Å². The van der Waals surface area contributed by atoms with Crippen molar-refractivity contribution >= 4 is 22.5 Å². The maximum Gasteiger partial charge on any atom is 0.276 e. The fourth-order valence-electron chi connectivity index (χ4n) is 4.10. The van der Waals surface area contributed by atoms with Crippen LogP contribution in [0.2, 0.25) is 0 Å². The van der Waals surface area contributed by atoms with Crippen molar-refractivity contribution in [2.75, 3.05) is 38.5 Å². The summed E-state index contributed by atoms with van der Waals surface area (Å²) in [6.07, 6.45) is 1.63. The molecule has 9 heteroatoms. The molecule has 3 heterocycles. The minimum absolute atomic E-state index is 0.120. The molecule has 1 fully saturated rings. The van der Waals surface area contributed by atoms with Crippen LogP contribution in [0, 0.1) is 11.6 Å². The number of nitrogens with zero attached hydrogens (tertiary/aromatic N) is 4. The highest BCUT2D eigenvalue weighted by molar-refractivity contribution is 6.11. The van der Waals surface area contributed by atoms with E-state index in [0.717, 1.165) is 44.5 Å². The molecule has 5 rings (SSSR count). The smallest absolute Gasteiger partial charge is 0.276 e. The van der Waals surface area contributed by atoms with Crippen molar-refractivity contribution < 1.29 is 13.6 Å². The zero-order chi connectivity index (χ0) is 23.7. The predicted molar refractivity (Wildman–Crippen MR) is 126 cm³/mol. The topological polar surface area (TPSA) is 77.1 Å². The highest BCUT2D eigenvalue weighted by atomic mass is 19.2. The molecule has 1 amide bonds. The summed E-state index contributed by atoms with van der Waals surface area (Å²) in [6.45, 7) is 4.86. The first kappa shape index (κ1) is 22.1. The molecule has 2 aromatic heterocycles. The molecule has 2 aromatic carbocycles. The maximum atomic E-state index is 14.3. The summed E-state index contributed by atoms with van der Waals surface area (Å²) >= 11 is 0. The van der Waals surface area contributed by atoms with Crippen molar-refractivity contribution in [1.82, 2.24) is 25.0 Å². The highest BCUT2D eigenvalue weighted by Gasteiger charge is 2.18. The largest absolute Gasteiger partial charge is 0.319 e. The van der Waals surface area contributed by atoms with Crippen LogP contribution in [-0.4, -0.2) is 64.1 Å². The molecule has 7 nitrogen and oxygen atoms in total. The number of H-pyrrole nitrogens is 1. The average molecular weight is 463 g/mol. The lowest BCUT2D eigenvalue weighted by Crippen LogP contribution is -2.43. The summed E-state index contributed by atoms with van der Waals surface area (Å²) in [5, 5.41) is 10.3. The number of likely N-dealkylation sites (N-methyl/N-ethyl adjacent to an activating group) is 1. The van der Waals surface area contributed by atoms with Crippen molar-refractivity contribution in [1.29, 1.82) is 0 Å². The number of pyridine rings is 1. The summed E-state index contributed by atoms with van der Waals surface area (Å²) in [5.74, 6) is -2.28. The third kappa shape index (κ3) is 4.52. The summed E-state index contributed by atoms with van der Waals surface area (Å²) in [4.78, 5) is 22.1. The van der Waals surface area contributed by atoms with Gasteiger partial charge in [0.05, 0.1) is 23.1 Å². The van der Waals surface area contributed by atoms with Crippen molar-refractivity contribution in [3.05, 3.63) is 77.8 Å². The second-order valence-corrected chi connectivity index (χ2v) is 8.51.